The Balaban J connectivity index is 2.02. The van der Waals surface area contributed by atoms with E-state index in [1.807, 2.05) is 0 Å². The number of para-hydroxylation sites is 1. The molecule has 1 N–H and O–H groups in total. The molecule has 132 valence electrons. The Hall–Kier alpha value is -2.53. The third kappa shape index (κ3) is 3.99. The standard InChI is InChI=1S/C21H16BrF2NO/c22-17-11-7-10-16(14-17)19(25-18-12-5-2-6-13-18)21(23,24)20(26)15-8-3-1-4-9-15/h1-14,19,25H. The number of alkyl halides is 2. The Kier molecular flexibility index (Phi) is 5.47. The summed E-state index contributed by atoms with van der Waals surface area (Å²) in [6.45, 7) is 0. The number of carbonyl (C=O) groups excluding carboxylic acids is 1. The number of carbonyl (C=O) groups is 1. The van der Waals surface area contributed by atoms with Gasteiger partial charge in [0.2, 0.25) is 5.78 Å². The number of hydrogen-bond donors (Lipinski definition) is 1. The van der Waals surface area contributed by atoms with Crippen LogP contribution in [-0.4, -0.2) is 11.7 Å². The third-order valence-corrected chi connectivity index (χ3v) is 4.46. The summed E-state index contributed by atoms with van der Waals surface area (Å²) in [5.41, 5.74) is 0.808. The summed E-state index contributed by atoms with van der Waals surface area (Å²) in [4.78, 5) is 12.6. The Morgan fingerprint density at radius 2 is 1.50 bits per heavy atom. The first kappa shape index (κ1) is 18.3. The second-order valence-electron chi connectivity index (χ2n) is 5.82. The minimum absolute atomic E-state index is 0.0210. The van der Waals surface area contributed by atoms with Crippen molar-refractivity contribution in [3.63, 3.8) is 0 Å². The summed E-state index contributed by atoms with van der Waals surface area (Å²) in [5.74, 6) is -4.86. The minimum atomic E-state index is -3.64. The molecule has 0 amide bonds. The van der Waals surface area contributed by atoms with Gasteiger partial charge >= 0.3 is 5.92 Å². The van der Waals surface area contributed by atoms with Gasteiger partial charge in [-0.3, -0.25) is 4.79 Å². The molecule has 2 nitrogen and oxygen atoms in total. The highest BCUT2D eigenvalue weighted by atomic mass is 79.9. The maximum atomic E-state index is 15.2. The Morgan fingerprint density at radius 3 is 2.12 bits per heavy atom. The highest BCUT2D eigenvalue weighted by Gasteiger charge is 2.48. The van der Waals surface area contributed by atoms with Gasteiger partial charge in [-0.05, 0) is 29.8 Å². The predicted molar refractivity (Wildman–Crippen MR) is 103 cm³/mol. The van der Waals surface area contributed by atoms with Crippen LogP contribution in [0.2, 0.25) is 0 Å². The Labute approximate surface area is 159 Å². The van der Waals surface area contributed by atoms with Crippen molar-refractivity contribution in [2.75, 3.05) is 5.32 Å². The fraction of sp³-hybridized carbons (Fsp3) is 0.0952. The zero-order chi connectivity index (χ0) is 18.6. The van der Waals surface area contributed by atoms with E-state index in [1.54, 1.807) is 72.8 Å². The highest BCUT2D eigenvalue weighted by Crippen LogP contribution is 2.38. The van der Waals surface area contributed by atoms with Crippen molar-refractivity contribution in [3.8, 4) is 0 Å². The number of benzene rings is 3. The first-order valence-corrected chi connectivity index (χ1v) is 8.82. The fourth-order valence-electron chi connectivity index (χ4n) is 2.68. The SMILES string of the molecule is O=C(c1ccccc1)C(F)(F)C(Nc1ccccc1)c1cccc(Br)c1. The fourth-order valence-corrected chi connectivity index (χ4v) is 3.10. The molecule has 0 bridgehead atoms. The number of hydrogen-bond acceptors (Lipinski definition) is 2. The molecule has 3 aromatic carbocycles. The summed E-state index contributed by atoms with van der Waals surface area (Å²) in [6, 6.07) is 21.4. The first-order chi connectivity index (χ1) is 12.5. The number of anilines is 1. The average molecular weight is 416 g/mol. The smallest absolute Gasteiger partial charge is 0.333 e. The average Bonchev–Trinajstić information content (AvgIpc) is 2.67. The number of nitrogens with one attached hydrogen (secondary N) is 1. The van der Waals surface area contributed by atoms with Gasteiger partial charge in [0, 0.05) is 15.7 Å². The monoisotopic (exact) mass is 415 g/mol. The normalized spacial score (nSPS) is 12.4. The second-order valence-corrected chi connectivity index (χ2v) is 6.73. The van der Waals surface area contributed by atoms with Crippen LogP contribution >= 0.6 is 15.9 Å². The topological polar surface area (TPSA) is 29.1 Å². The van der Waals surface area contributed by atoms with E-state index in [4.69, 9.17) is 0 Å². The third-order valence-electron chi connectivity index (χ3n) is 3.97. The Bertz CT molecular complexity index is 885. The van der Waals surface area contributed by atoms with Crippen molar-refractivity contribution in [2.45, 2.75) is 12.0 Å². The van der Waals surface area contributed by atoms with Crippen molar-refractivity contribution in [1.29, 1.82) is 0 Å². The molecule has 1 atom stereocenters. The summed E-state index contributed by atoms with van der Waals surface area (Å²) in [6.07, 6.45) is 0. The quantitative estimate of drug-likeness (QED) is 0.491. The first-order valence-electron chi connectivity index (χ1n) is 8.03. The molecule has 26 heavy (non-hydrogen) atoms. The number of ketones is 1. The van der Waals surface area contributed by atoms with Crippen molar-refractivity contribution in [3.05, 3.63) is 101 Å². The molecule has 0 spiro atoms. The van der Waals surface area contributed by atoms with E-state index in [1.165, 1.54) is 12.1 Å². The van der Waals surface area contributed by atoms with Crippen molar-refractivity contribution < 1.29 is 13.6 Å². The van der Waals surface area contributed by atoms with Gasteiger partial charge in [-0.25, -0.2) is 0 Å². The van der Waals surface area contributed by atoms with Gasteiger partial charge in [0.05, 0.1) is 0 Å². The van der Waals surface area contributed by atoms with Crippen LogP contribution in [0.5, 0.6) is 0 Å². The van der Waals surface area contributed by atoms with E-state index in [-0.39, 0.29) is 5.56 Å². The van der Waals surface area contributed by atoms with Crippen molar-refractivity contribution in [1.82, 2.24) is 0 Å². The van der Waals surface area contributed by atoms with Crippen LogP contribution in [0.4, 0.5) is 14.5 Å². The van der Waals surface area contributed by atoms with Crippen LogP contribution in [0.1, 0.15) is 22.0 Å². The van der Waals surface area contributed by atoms with Crippen LogP contribution in [0.25, 0.3) is 0 Å². The summed E-state index contributed by atoms with van der Waals surface area (Å²) < 4.78 is 31.2. The summed E-state index contributed by atoms with van der Waals surface area (Å²) in [7, 11) is 0. The molecule has 0 aliphatic rings. The van der Waals surface area contributed by atoms with Gasteiger partial charge < -0.3 is 5.32 Å². The molecular formula is C21H16BrF2NO. The lowest BCUT2D eigenvalue weighted by Crippen LogP contribution is -2.40. The van der Waals surface area contributed by atoms with Gasteiger partial charge in [0.1, 0.15) is 6.04 Å². The summed E-state index contributed by atoms with van der Waals surface area (Å²) in [5, 5.41) is 2.82. The molecule has 0 radical (unpaired) electrons. The molecule has 1 unspecified atom stereocenters. The second kappa shape index (κ2) is 7.79. The van der Waals surface area contributed by atoms with Crippen molar-refractivity contribution >= 4 is 27.4 Å². The zero-order valence-electron chi connectivity index (χ0n) is 13.7. The molecule has 0 aliphatic heterocycles. The van der Waals surface area contributed by atoms with Gasteiger partial charge in [-0.2, -0.15) is 8.78 Å². The number of rotatable bonds is 6. The predicted octanol–water partition coefficient (Wildman–Crippen LogP) is 6.12. The van der Waals surface area contributed by atoms with Gasteiger partial charge in [-0.15, -0.1) is 0 Å². The maximum absolute atomic E-state index is 15.2. The molecule has 0 saturated heterocycles. The van der Waals surface area contributed by atoms with Crippen LogP contribution in [-0.2, 0) is 0 Å². The Morgan fingerprint density at radius 1 is 0.885 bits per heavy atom. The minimum Gasteiger partial charge on any atom is -0.372 e. The van der Waals surface area contributed by atoms with E-state index in [0.717, 1.165) is 0 Å². The molecule has 0 heterocycles. The van der Waals surface area contributed by atoms with Crippen LogP contribution in [0.3, 0.4) is 0 Å². The highest BCUT2D eigenvalue weighted by molar-refractivity contribution is 9.10. The van der Waals surface area contributed by atoms with Gasteiger partial charge in [0.25, 0.3) is 0 Å². The molecular weight excluding hydrogens is 400 g/mol. The van der Waals surface area contributed by atoms with E-state index >= 15 is 8.78 Å². The molecule has 3 aromatic rings. The molecule has 0 aliphatic carbocycles. The number of Topliss-reactive ketones (excluding diaryl/α,β-unsaturated/α-hetero) is 1. The lowest BCUT2D eigenvalue weighted by Gasteiger charge is -2.28. The van der Waals surface area contributed by atoms with Crippen molar-refractivity contribution in [2.24, 2.45) is 0 Å². The van der Waals surface area contributed by atoms with Gasteiger partial charge in [0.15, 0.2) is 0 Å². The molecule has 0 aromatic heterocycles. The van der Waals surface area contributed by atoms with Gasteiger partial charge in [-0.1, -0.05) is 76.6 Å². The lowest BCUT2D eigenvalue weighted by molar-refractivity contribution is -0.00269. The van der Waals surface area contributed by atoms with Crippen LogP contribution in [0, 0.1) is 0 Å². The summed E-state index contributed by atoms with van der Waals surface area (Å²) >= 11 is 3.31. The molecule has 3 rings (SSSR count). The maximum Gasteiger partial charge on any atom is 0.333 e. The number of halogens is 3. The van der Waals surface area contributed by atoms with Crippen LogP contribution in [0.15, 0.2) is 89.4 Å². The molecule has 0 fully saturated rings. The molecule has 0 saturated carbocycles. The van der Waals surface area contributed by atoms with E-state index < -0.39 is 17.7 Å². The largest absolute Gasteiger partial charge is 0.372 e. The van der Waals surface area contributed by atoms with Crippen LogP contribution < -0.4 is 5.32 Å². The van der Waals surface area contributed by atoms with E-state index in [0.29, 0.717) is 15.7 Å². The lowest BCUT2D eigenvalue weighted by atomic mass is 9.93. The molecule has 5 heteroatoms. The zero-order valence-corrected chi connectivity index (χ0v) is 15.3. The van der Waals surface area contributed by atoms with E-state index in [2.05, 4.69) is 21.2 Å². The van der Waals surface area contributed by atoms with E-state index in [9.17, 15) is 4.79 Å².